The van der Waals surface area contributed by atoms with Gasteiger partial charge in [0, 0.05) is 11.4 Å². The first kappa shape index (κ1) is 29.4. The fraction of sp³-hybridized carbons (Fsp3) is 0.227. The standard InChI is InChI=1S/C44H42B2N2/c1-25-15-17-37-35(23-25)45(41-29(5)19-27(3)20-30(41)6)33-11-9-14-40-43(33)47(37)39-13-10-12-34-44(39)48(40)38-18-16-26(2)24-36(38)46(34)42-31(7)21-28(4)22-32(42)8/h9,11,13-24H,10,12H2,1-8H3. The SMILES string of the molecule is Cc1cc(C)c(B2C3=C4C(=CCC3)N3c5ccc(C)cc5B(c5c(C)cc(C)cc5C)c5cccc(c53)N4c3ccc(C)cc32)c(C)c1. The molecule has 0 unspecified atom stereocenters. The molecule has 0 saturated carbocycles. The maximum atomic E-state index is 2.64. The highest BCUT2D eigenvalue weighted by molar-refractivity contribution is 6.98. The highest BCUT2D eigenvalue weighted by Crippen LogP contribution is 2.53. The summed E-state index contributed by atoms with van der Waals surface area (Å²) in [5.41, 5.74) is 27.5. The molecule has 1 aliphatic carbocycles. The molecule has 3 heterocycles. The van der Waals surface area contributed by atoms with E-state index in [1.165, 1.54) is 106 Å². The summed E-state index contributed by atoms with van der Waals surface area (Å²) in [5, 5.41) is 0. The second-order valence-electron chi connectivity index (χ2n) is 15.0. The molecule has 0 spiro atoms. The molecule has 0 fully saturated rings. The molecule has 2 nitrogen and oxygen atoms in total. The summed E-state index contributed by atoms with van der Waals surface area (Å²) < 4.78 is 0. The molecule has 0 atom stereocenters. The van der Waals surface area contributed by atoms with Gasteiger partial charge in [-0.3, -0.25) is 0 Å². The maximum Gasteiger partial charge on any atom is 0.247 e. The fourth-order valence-electron chi connectivity index (χ4n) is 9.93. The third-order valence-corrected chi connectivity index (χ3v) is 11.5. The van der Waals surface area contributed by atoms with Gasteiger partial charge in [0.05, 0.1) is 22.8 Å². The topological polar surface area (TPSA) is 6.48 Å². The minimum absolute atomic E-state index is 0.161. The van der Waals surface area contributed by atoms with Crippen LogP contribution in [0.15, 0.2) is 102 Å². The number of benzene rings is 5. The lowest BCUT2D eigenvalue weighted by Gasteiger charge is -2.52. The lowest BCUT2D eigenvalue weighted by Crippen LogP contribution is -2.61. The van der Waals surface area contributed by atoms with Gasteiger partial charge in [-0.05, 0) is 103 Å². The van der Waals surface area contributed by atoms with Crippen LogP contribution in [0.25, 0.3) is 0 Å². The number of rotatable bonds is 2. The Kier molecular flexibility index (Phi) is 6.38. The summed E-state index contributed by atoms with van der Waals surface area (Å²) in [6, 6.07) is 30.9. The van der Waals surface area contributed by atoms with E-state index in [4.69, 9.17) is 0 Å². The van der Waals surface area contributed by atoms with Crippen molar-refractivity contribution in [3.63, 3.8) is 0 Å². The fourth-order valence-corrected chi connectivity index (χ4v) is 9.93. The number of hydrogen-bond donors (Lipinski definition) is 0. The summed E-state index contributed by atoms with van der Waals surface area (Å²) in [6.45, 7) is 18.6. The van der Waals surface area contributed by atoms with E-state index in [-0.39, 0.29) is 13.4 Å². The van der Waals surface area contributed by atoms with E-state index in [9.17, 15) is 0 Å². The van der Waals surface area contributed by atoms with Crippen molar-refractivity contribution in [1.29, 1.82) is 0 Å². The number of para-hydroxylation sites is 1. The van der Waals surface area contributed by atoms with Crippen LogP contribution in [0.4, 0.5) is 22.7 Å². The van der Waals surface area contributed by atoms with Crippen LogP contribution >= 0.6 is 0 Å². The van der Waals surface area contributed by atoms with E-state index in [1.807, 2.05) is 0 Å². The number of aryl methyl sites for hydroxylation is 8. The molecule has 0 amide bonds. The minimum atomic E-state index is 0.161. The molecular formula is C44H42B2N2. The monoisotopic (exact) mass is 620 g/mol. The third kappa shape index (κ3) is 4.01. The summed E-state index contributed by atoms with van der Waals surface area (Å²) in [4.78, 5) is 5.29. The van der Waals surface area contributed by atoms with Crippen molar-refractivity contribution in [2.45, 2.75) is 68.2 Å². The average Bonchev–Trinajstić information content (AvgIpc) is 3.03. The second kappa shape index (κ2) is 10.4. The Morgan fingerprint density at radius 1 is 0.500 bits per heavy atom. The molecule has 0 saturated heterocycles. The van der Waals surface area contributed by atoms with E-state index in [0.29, 0.717) is 0 Å². The Balaban J connectivity index is 1.39. The molecule has 4 aliphatic rings. The lowest BCUT2D eigenvalue weighted by atomic mass is 9.32. The van der Waals surface area contributed by atoms with Crippen molar-refractivity contribution in [2.75, 3.05) is 9.80 Å². The quantitative estimate of drug-likeness (QED) is 0.190. The first-order valence-corrected chi connectivity index (χ1v) is 17.7. The predicted molar refractivity (Wildman–Crippen MR) is 208 cm³/mol. The molecule has 9 rings (SSSR count). The normalized spacial score (nSPS) is 15.6. The highest BCUT2D eigenvalue weighted by Gasteiger charge is 2.48. The van der Waals surface area contributed by atoms with Crippen molar-refractivity contribution in [3.8, 4) is 0 Å². The number of hydrogen-bond acceptors (Lipinski definition) is 2. The van der Waals surface area contributed by atoms with E-state index in [2.05, 4.69) is 150 Å². The molecule has 3 aliphatic heterocycles. The van der Waals surface area contributed by atoms with Crippen molar-refractivity contribution in [3.05, 3.63) is 146 Å². The van der Waals surface area contributed by atoms with Crippen molar-refractivity contribution >= 4 is 63.5 Å². The summed E-state index contributed by atoms with van der Waals surface area (Å²) in [7, 11) is 0. The first-order chi connectivity index (χ1) is 23.1. The summed E-state index contributed by atoms with van der Waals surface area (Å²) >= 11 is 0. The molecule has 48 heavy (non-hydrogen) atoms. The molecule has 0 N–H and O–H groups in total. The van der Waals surface area contributed by atoms with Gasteiger partial charge in [-0.25, -0.2) is 0 Å². The minimum Gasteiger partial charge on any atom is -0.308 e. The third-order valence-electron chi connectivity index (χ3n) is 11.5. The first-order valence-electron chi connectivity index (χ1n) is 17.7. The number of nitrogens with zero attached hydrogens (tertiary/aromatic N) is 2. The van der Waals surface area contributed by atoms with Crippen LogP contribution in [0.3, 0.4) is 0 Å². The summed E-state index contributed by atoms with van der Waals surface area (Å²) in [6.07, 6.45) is 4.63. The van der Waals surface area contributed by atoms with Gasteiger partial charge >= 0.3 is 0 Å². The maximum absolute atomic E-state index is 2.64. The molecule has 234 valence electrons. The Morgan fingerprint density at radius 2 is 1.04 bits per heavy atom. The zero-order valence-electron chi connectivity index (χ0n) is 29.5. The molecule has 4 heteroatoms. The number of allylic oxidation sites excluding steroid dienone is 2. The molecule has 5 aromatic carbocycles. The molecule has 0 aromatic heterocycles. The van der Waals surface area contributed by atoms with Crippen LogP contribution < -0.4 is 37.1 Å². The van der Waals surface area contributed by atoms with Gasteiger partial charge < -0.3 is 9.80 Å². The number of fused-ring (bicyclic) bond motifs is 6. The Bertz CT molecular complexity index is 2260. The van der Waals surface area contributed by atoms with Gasteiger partial charge in [0.25, 0.3) is 0 Å². The van der Waals surface area contributed by atoms with Crippen molar-refractivity contribution < 1.29 is 0 Å². The van der Waals surface area contributed by atoms with Crippen LogP contribution in [0.2, 0.25) is 0 Å². The van der Waals surface area contributed by atoms with Crippen molar-refractivity contribution in [2.24, 2.45) is 0 Å². The summed E-state index contributed by atoms with van der Waals surface area (Å²) in [5.74, 6) is 0. The van der Waals surface area contributed by atoms with Crippen LogP contribution in [-0.2, 0) is 0 Å². The van der Waals surface area contributed by atoms with Crippen LogP contribution in [0.1, 0.15) is 57.3 Å². The zero-order chi connectivity index (χ0) is 33.2. The van der Waals surface area contributed by atoms with E-state index < -0.39 is 0 Å². The van der Waals surface area contributed by atoms with Gasteiger partial charge in [0.1, 0.15) is 0 Å². The smallest absolute Gasteiger partial charge is 0.247 e. The van der Waals surface area contributed by atoms with Crippen molar-refractivity contribution in [1.82, 2.24) is 0 Å². The Morgan fingerprint density at radius 3 is 1.65 bits per heavy atom. The van der Waals surface area contributed by atoms with Gasteiger partial charge in [-0.2, -0.15) is 0 Å². The molecular weight excluding hydrogens is 578 g/mol. The molecule has 5 aromatic rings. The van der Waals surface area contributed by atoms with Gasteiger partial charge in [-0.15, -0.1) is 0 Å². The average molecular weight is 620 g/mol. The van der Waals surface area contributed by atoms with Gasteiger partial charge in [0.2, 0.25) is 13.4 Å². The van der Waals surface area contributed by atoms with Crippen LogP contribution in [-0.4, -0.2) is 13.4 Å². The van der Waals surface area contributed by atoms with E-state index in [0.717, 1.165) is 12.8 Å². The van der Waals surface area contributed by atoms with Crippen LogP contribution in [0, 0.1) is 55.4 Å². The Labute approximate surface area is 287 Å². The highest BCUT2D eigenvalue weighted by atomic mass is 15.3. The Hall–Kier alpha value is -4.69. The molecule has 0 radical (unpaired) electrons. The number of anilines is 4. The zero-order valence-corrected chi connectivity index (χ0v) is 29.5. The predicted octanol–water partition coefficient (Wildman–Crippen LogP) is 7.37. The molecule has 0 bridgehead atoms. The van der Waals surface area contributed by atoms with E-state index in [1.54, 1.807) is 5.47 Å². The lowest BCUT2D eigenvalue weighted by molar-refractivity contribution is 0.905. The second-order valence-corrected chi connectivity index (χ2v) is 15.0. The van der Waals surface area contributed by atoms with Gasteiger partial charge in [-0.1, -0.05) is 128 Å². The van der Waals surface area contributed by atoms with E-state index >= 15 is 0 Å². The largest absolute Gasteiger partial charge is 0.308 e. The van der Waals surface area contributed by atoms with Gasteiger partial charge in [0.15, 0.2) is 0 Å². The van der Waals surface area contributed by atoms with Crippen LogP contribution in [0.5, 0.6) is 0 Å².